The number of para-hydroxylation sites is 1. The van der Waals surface area contributed by atoms with Crippen molar-refractivity contribution in [3.05, 3.63) is 40.3 Å². The SMILES string of the molecule is CCOc1nc(F)cc2nc(NS(=O)(=O)Nc3c(Cl)cccc3Cl)nn12. The average Bonchev–Trinajstić information content (AvgIpc) is 2.93. The molecule has 1 aromatic carbocycles. The predicted octanol–water partition coefficient (Wildman–Crippen LogP) is 2.74. The Hall–Kier alpha value is -2.37. The molecule has 9 nitrogen and oxygen atoms in total. The van der Waals surface area contributed by atoms with Gasteiger partial charge in [-0.1, -0.05) is 29.3 Å². The lowest BCUT2D eigenvalue weighted by Gasteiger charge is -2.10. The number of hydrogen-bond donors (Lipinski definition) is 2. The van der Waals surface area contributed by atoms with Crippen LogP contribution < -0.4 is 14.2 Å². The topological polar surface area (TPSA) is 111 Å². The van der Waals surface area contributed by atoms with Crippen molar-refractivity contribution in [2.75, 3.05) is 16.1 Å². The molecule has 0 aliphatic heterocycles. The highest BCUT2D eigenvalue weighted by Gasteiger charge is 2.19. The summed E-state index contributed by atoms with van der Waals surface area (Å²) in [6, 6.07) is 5.32. The normalized spacial score (nSPS) is 11.5. The average molecular weight is 421 g/mol. The lowest BCUT2D eigenvalue weighted by Crippen LogP contribution is -2.22. The fourth-order valence-electron chi connectivity index (χ4n) is 1.98. The van der Waals surface area contributed by atoms with E-state index in [4.69, 9.17) is 27.9 Å². The van der Waals surface area contributed by atoms with Crippen molar-refractivity contribution in [1.29, 1.82) is 0 Å². The molecule has 0 amide bonds. The monoisotopic (exact) mass is 420 g/mol. The Labute approximate surface area is 157 Å². The molecule has 0 aliphatic rings. The predicted molar refractivity (Wildman–Crippen MR) is 94.5 cm³/mol. The van der Waals surface area contributed by atoms with E-state index in [1.807, 2.05) is 0 Å². The molecule has 0 unspecified atom stereocenters. The largest absolute Gasteiger partial charge is 0.464 e. The highest BCUT2D eigenvalue weighted by atomic mass is 35.5. The number of nitrogens with one attached hydrogen (secondary N) is 2. The van der Waals surface area contributed by atoms with Gasteiger partial charge in [-0.25, -0.2) is 4.72 Å². The van der Waals surface area contributed by atoms with E-state index in [9.17, 15) is 12.8 Å². The van der Waals surface area contributed by atoms with Crippen LogP contribution in [0.2, 0.25) is 10.0 Å². The van der Waals surface area contributed by atoms with E-state index in [2.05, 4.69) is 24.5 Å². The van der Waals surface area contributed by atoms with Gasteiger partial charge in [0.2, 0.25) is 5.95 Å². The smallest absolute Gasteiger partial charge is 0.324 e. The number of halogens is 3. The highest BCUT2D eigenvalue weighted by Crippen LogP contribution is 2.30. The molecule has 0 spiro atoms. The van der Waals surface area contributed by atoms with Crippen LogP contribution in [0.3, 0.4) is 0 Å². The lowest BCUT2D eigenvalue weighted by molar-refractivity contribution is 0.297. The Balaban J connectivity index is 1.91. The fourth-order valence-corrected chi connectivity index (χ4v) is 3.45. The van der Waals surface area contributed by atoms with Crippen molar-refractivity contribution in [2.45, 2.75) is 6.92 Å². The maximum absolute atomic E-state index is 13.5. The molecule has 2 heterocycles. The first kappa shape index (κ1) is 18.4. The number of ether oxygens (including phenoxy) is 1. The molecular weight excluding hydrogens is 410 g/mol. The molecule has 2 N–H and O–H groups in total. The van der Waals surface area contributed by atoms with Gasteiger partial charge in [-0.05, 0) is 19.1 Å². The Kier molecular flexibility index (Phi) is 5.03. The van der Waals surface area contributed by atoms with Gasteiger partial charge >= 0.3 is 16.2 Å². The molecule has 0 fully saturated rings. The van der Waals surface area contributed by atoms with Gasteiger partial charge in [0.1, 0.15) is 0 Å². The molecule has 3 rings (SSSR count). The van der Waals surface area contributed by atoms with Crippen LogP contribution in [0.1, 0.15) is 6.92 Å². The van der Waals surface area contributed by atoms with E-state index in [1.54, 1.807) is 13.0 Å². The summed E-state index contributed by atoms with van der Waals surface area (Å²) in [5.41, 5.74) is 0.00393. The van der Waals surface area contributed by atoms with Gasteiger partial charge in [-0.3, -0.25) is 4.72 Å². The molecule has 0 radical (unpaired) electrons. The van der Waals surface area contributed by atoms with Crippen molar-refractivity contribution < 1.29 is 17.5 Å². The third-order valence-corrected chi connectivity index (χ3v) is 4.52. The minimum Gasteiger partial charge on any atom is -0.464 e. The first-order valence-corrected chi connectivity index (χ1v) is 9.33. The summed E-state index contributed by atoms with van der Waals surface area (Å²) in [6.45, 7) is 1.88. The quantitative estimate of drug-likeness (QED) is 0.593. The second kappa shape index (κ2) is 7.09. The number of benzene rings is 1. The van der Waals surface area contributed by atoms with Crippen molar-refractivity contribution >= 4 is 50.7 Å². The van der Waals surface area contributed by atoms with Crippen molar-refractivity contribution in [3.63, 3.8) is 0 Å². The van der Waals surface area contributed by atoms with E-state index < -0.39 is 16.2 Å². The number of anilines is 2. The van der Waals surface area contributed by atoms with Crippen molar-refractivity contribution in [2.24, 2.45) is 0 Å². The molecule has 0 atom stereocenters. The molecule has 0 saturated carbocycles. The first-order valence-electron chi connectivity index (χ1n) is 7.10. The number of nitrogens with zero attached hydrogens (tertiary/aromatic N) is 4. The Morgan fingerprint density at radius 3 is 2.58 bits per heavy atom. The van der Waals surface area contributed by atoms with Crippen LogP contribution in [0, 0.1) is 5.95 Å². The van der Waals surface area contributed by atoms with Gasteiger partial charge in [0, 0.05) is 6.07 Å². The van der Waals surface area contributed by atoms with Crippen molar-refractivity contribution in [1.82, 2.24) is 19.6 Å². The zero-order valence-electron chi connectivity index (χ0n) is 13.1. The molecule has 0 saturated heterocycles. The molecule has 2 aromatic heterocycles. The van der Waals surface area contributed by atoms with E-state index in [0.717, 1.165) is 10.6 Å². The van der Waals surface area contributed by atoms with Crippen LogP contribution in [-0.4, -0.2) is 34.6 Å². The molecule has 0 bridgehead atoms. The fraction of sp³-hybridized carbons (Fsp3) is 0.154. The van der Waals surface area contributed by atoms with Gasteiger partial charge in [0.15, 0.2) is 5.65 Å². The molecule has 13 heteroatoms. The molecule has 26 heavy (non-hydrogen) atoms. The van der Waals surface area contributed by atoms with E-state index >= 15 is 0 Å². The van der Waals surface area contributed by atoms with Gasteiger partial charge in [0.05, 0.1) is 22.3 Å². The summed E-state index contributed by atoms with van der Waals surface area (Å²) >= 11 is 11.9. The summed E-state index contributed by atoms with van der Waals surface area (Å²) in [7, 11) is -4.18. The standard InChI is InChI=1S/C13H11Cl2FN6O3S/c1-2-25-13-17-9(16)6-10-18-12(19-22(10)13)21-26(23,24)20-11-7(14)4-3-5-8(11)15/h3-6,20H,2H2,1H3,(H,19,21). The third-order valence-electron chi connectivity index (χ3n) is 2.96. The second-order valence-corrected chi connectivity index (χ2v) is 7.03. The number of fused-ring (bicyclic) bond motifs is 1. The zero-order valence-corrected chi connectivity index (χ0v) is 15.4. The minimum atomic E-state index is -4.18. The number of rotatable bonds is 6. The summed E-state index contributed by atoms with van der Waals surface area (Å²) in [4.78, 5) is 7.42. The van der Waals surface area contributed by atoms with E-state index in [1.165, 1.54) is 12.1 Å². The zero-order chi connectivity index (χ0) is 18.9. The van der Waals surface area contributed by atoms with Gasteiger partial charge in [0.25, 0.3) is 5.95 Å². The Morgan fingerprint density at radius 2 is 1.92 bits per heavy atom. The Morgan fingerprint density at radius 1 is 1.23 bits per heavy atom. The van der Waals surface area contributed by atoms with E-state index in [0.29, 0.717) is 0 Å². The summed E-state index contributed by atoms with van der Waals surface area (Å²) in [6.07, 6.45) is 0. The van der Waals surface area contributed by atoms with E-state index in [-0.39, 0.29) is 39.9 Å². The van der Waals surface area contributed by atoms with Gasteiger partial charge in [-0.15, -0.1) is 5.10 Å². The second-order valence-electron chi connectivity index (χ2n) is 4.80. The van der Waals surface area contributed by atoms with Crippen LogP contribution in [0.4, 0.5) is 16.0 Å². The maximum Gasteiger partial charge on any atom is 0.324 e. The molecule has 138 valence electrons. The summed E-state index contributed by atoms with van der Waals surface area (Å²) in [5.74, 6) is -1.17. The van der Waals surface area contributed by atoms with Crippen LogP contribution in [0.25, 0.3) is 5.65 Å². The Bertz CT molecular complexity index is 1050. The van der Waals surface area contributed by atoms with Crippen LogP contribution in [-0.2, 0) is 10.2 Å². The number of hydrogen-bond acceptors (Lipinski definition) is 6. The third kappa shape index (κ3) is 3.89. The minimum absolute atomic E-state index is 0.00480. The molecule has 0 aliphatic carbocycles. The lowest BCUT2D eigenvalue weighted by atomic mass is 10.3. The van der Waals surface area contributed by atoms with Crippen LogP contribution in [0.5, 0.6) is 6.01 Å². The highest BCUT2D eigenvalue weighted by molar-refractivity contribution is 7.94. The van der Waals surface area contributed by atoms with Gasteiger partial charge < -0.3 is 4.74 Å². The molecular formula is C13H11Cl2FN6O3S. The molecule has 3 aromatic rings. The first-order chi connectivity index (χ1) is 12.3. The summed E-state index contributed by atoms with van der Waals surface area (Å²) < 4.78 is 48.5. The number of aromatic nitrogens is 4. The van der Waals surface area contributed by atoms with Crippen molar-refractivity contribution in [3.8, 4) is 6.01 Å². The van der Waals surface area contributed by atoms with Crippen LogP contribution >= 0.6 is 23.2 Å². The van der Waals surface area contributed by atoms with Crippen LogP contribution in [0.15, 0.2) is 24.3 Å². The maximum atomic E-state index is 13.5. The summed E-state index contributed by atoms with van der Waals surface area (Å²) in [5, 5.41) is 4.11. The van der Waals surface area contributed by atoms with Gasteiger partial charge in [-0.2, -0.15) is 27.3 Å².